The Morgan fingerprint density at radius 2 is 1.89 bits per heavy atom. The molecule has 1 aliphatic rings. The maximum atomic E-state index is 13.3. The molecule has 10 nitrogen and oxygen atoms in total. The molecule has 0 spiro atoms. The second-order valence-electron chi connectivity index (χ2n) is 8.32. The Bertz CT molecular complexity index is 1260. The number of amides is 1. The van der Waals surface area contributed by atoms with Gasteiger partial charge in [-0.15, -0.1) is 0 Å². The van der Waals surface area contributed by atoms with Gasteiger partial charge in [-0.25, -0.2) is 9.59 Å². The van der Waals surface area contributed by atoms with Crippen molar-refractivity contribution in [1.82, 2.24) is 10.6 Å². The van der Waals surface area contributed by atoms with Crippen molar-refractivity contribution < 1.29 is 28.8 Å². The van der Waals surface area contributed by atoms with E-state index in [0.29, 0.717) is 34.9 Å². The fourth-order valence-electron chi connectivity index (χ4n) is 4.28. The summed E-state index contributed by atoms with van der Waals surface area (Å²) in [6.07, 6.45) is 0.647. The Morgan fingerprint density at radius 1 is 1.16 bits per heavy atom. The molecule has 2 aromatic rings. The third-order valence-electron chi connectivity index (χ3n) is 5.96. The van der Waals surface area contributed by atoms with E-state index in [1.54, 1.807) is 19.9 Å². The van der Waals surface area contributed by atoms with Crippen LogP contribution in [0.25, 0.3) is 0 Å². The first-order valence-corrected chi connectivity index (χ1v) is 13.0. The van der Waals surface area contributed by atoms with E-state index >= 15 is 0 Å². The number of hydrogen-bond acceptors (Lipinski definition) is 9. The lowest BCUT2D eigenvalue weighted by Crippen LogP contribution is -2.34. The van der Waals surface area contributed by atoms with Crippen LogP contribution >= 0.6 is 11.8 Å². The first-order valence-electron chi connectivity index (χ1n) is 11.8. The minimum absolute atomic E-state index is 0.0972. The normalized spacial score (nSPS) is 15.8. The lowest BCUT2D eigenvalue weighted by atomic mass is 9.80. The number of carbonyl (C=O) groups is 3. The van der Waals surface area contributed by atoms with Gasteiger partial charge in [0.25, 0.3) is 5.69 Å². The van der Waals surface area contributed by atoms with Gasteiger partial charge in [-0.2, -0.15) is 11.8 Å². The Labute approximate surface area is 224 Å². The van der Waals surface area contributed by atoms with Gasteiger partial charge in [0.1, 0.15) is 0 Å². The topological polar surface area (TPSA) is 137 Å². The van der Waals surface area contributed by atoms with Crippen molar-refractivity contribution in [3.63, 3.8) is 0 Å². The van der Waals surface area contributed by atoms with Crippen LogP contribution < -0.4 is 10.6 Å². The average Bonchev–Trinajstić information content (AvgIpc) is 2.92. The molecule has 2 aromatic carbocycles. The van der Waals surface area contributed by atoms with Crippen LogP contribution in [-0.4, -0.2) is 48.5 Å². The Hall–Kier alpha value is -4.12. The first-order chi connectivity index (χ1) is 18.3. The molecule has 0 aromatic heterocycles. The molecule has 1 heterocycles. The summed E-state index contributed by atoms with van der Waals surface area (Å²) in [6.45, 7) is 3.45. The Morgan fingerprint density at radius 3 is 2.53 bits per heavy atom. The molecule has 0 saturated heterocycles. The molecule has 0 saturated carbocycles. The fraction of sp³-hybridized carbons (Fsp3) is 0.296. The van der Waals surface area contributed by atoms with E-state index in [-0.39, 0.29) is 29.5 Å². The molecule has 0 fully saturated rings. The number of methoxy groups -OCH3 is 1. The van der Waals surface area contributed by atoms with Crippen LogP contribution in [0.2, 0.25) is 0 Å². The van der Waals surface area contributed by atoms with Crippen molar-refractivity contribution in [2.45, 2.75) is 25.8 Å². The first kappa shape index (κ1) is 28.5. The zero-order valence-corrected chi connectivity index (χ0v) is 22.1. The van der Waals surface area contributed by atoms with E-state index in [0.717, 1.165) is 5.56 Å². The van der Waals surface area contributed by atoms with Crippen LogP contribution in [0.5, 0.6) is 0 Å². The van der Waals surface area contributed by atoms with Gasteiger partial charge in [0, 0.05) is 35.0 Å². The highest BCUT2D eigenvalue weighted by atomic mass is 32.2. The number of ether oxygens (including phenoxy) is 2. The summed E-state index contributed by atoms with van der Waals surface area (Å²) in [5.74, 6) is -1.45. The number of hydrogen-bond donors (Lipinski definition) is 2. The third kappa shape index (κ3) is 6.60. The zero-order valence-electron chi connectivity index (χ0n) is 21.3. The predicted octanol–water partition coefficient (Wildman–Crippen LogP) is 3.77. The number of nitro benzene ring substituents is 1. The molecule has 11 heteroatoms. The molecule has 2 N–H and O–H groups in total. The number of esters is 2. The van der Waals surface area contributed by atoms with E-state index < -0.39 is 22.8 Å². The van der Waals surface area contributed by atoms with Crippen LogP contribution in [0.1, 0.15) is 36.9 Å². The number of nitrogens with one attached hydrogen (secondary N) is 2. The molecule has 3 rings (SSSR count). The molecule has 0 radical (unpaired) electrons. The van der Waals surface area contributed by atoms with Crippen molar-refractivity contribution in [2.24, 2.45) is 0 Å². The van der Waals surface area contributed by atoms with Gasteiger partial charge >= 0.3 is 11.9 Å². The Balaban J connectivity index is 2.04. The number of nitrogens with zero attached hydrogens (tertiary/aromatic N) is 1. The number of allylic oxidation sites excluding steroid dienone is 1. The number of benzene rings is 2. The van der Waals surface area contributed by atoms with Crippen molar-refractivity contribution >= 4 is 35.8 Å². The molecule has 1 unspecified atom stereocenters. The lowest BCUT2D eigenvalue weighted by Gasteiger charge is -2.31. The predicted molar refractivity (Wildman–Crippen MR) is 143 cm³/mol. The molecule has 0 bridgehead atoms. The SMILES string of the molecule is CCOC(=O)C1=C(CSC[C@H](NC=O)c2ccccc2)NC(C)=C(C(=O)OC)C1c1cccc([N+](=O)[O-])c1. The maximum absolute atomic E-state index is 13.3. The van der Waals surface area contributed by atoms with Crippen molar-refractivity contribution in [3.8, 4) is 0 Å². The molecule has 0 aliphatic carbocycles. The summed E-state index contributed by atoms with van der Waals surface area (Å²) >= 11 is 1.47. The van der Waals surface area contributed by atoms with Crippen molar-refractivity contribution in [3.05, 3.63) is 98.4 Å². The smallest absolute Gasteiger partial charge is 0.336 e. The number of non-ortho nitro benzene ring substituents is 1. The standard InChI is InChI=1S/C27H29N3O7S/c1-4-37-27(33)25-22(15-38-14-21(28-16-31)18-9-6-5-7-10-18)29-17(2)23(26(32)36-3)24(25)19-11-8-12-20(13-19)30(34)35/h5-13,16,21,24,29H,4,14-15H2,1-3H3,(H,28,31)/t21-,24?/m0/s1. The fourth-order valence-corrected chi connectivity index (χ4v) is 5.35. The molecule has 38 heavy (non-hydrogen) atoms. The van der Waals surface area contributed by atoms with Crippen LogP contribution in [0.15, 0.2) is 77.1 Å². The maximum Gasteiger partial charge on any atom is 0.336 e. The highest BCUT2D eigenvalue weighted by molar-refractivity contribution is 7.99. The molecular formula is C27H29N3O7S. The van der Waals surface area contributed by atoms with E-state index in [1.165, 1.54) is 37.1 Å². The second-order valence-corrected chi connectivity index (χ2v) is 9.35. The van der Waals surface area contributed by atoms with Crippen LogP contribution in [-0.2, 0) is 23.9 Å². The van der Waals surface area contributed by atoms with Crippen LogP contribution in [0.4, 0.5) is 5.69 Å². The lowest BCUT2D eigenvalue weighted by molar-refractivity contribution is -0.384. The molecule has 1 amide bonds. The summed E-state index contributed by atoms with van der Waals surface area (Å²) in [6, 6.07) is 15.0. The summed E-state index contributed by atoms with van der Waals surface area (Å²) < 4.78 is 10.4. The Kier molecular flexibility index (Phi) is 10.1. The minimum Gasteiger partial charge on any atom is -0.466 e. The number of carbonyl (C=O) groups excluding carboxylic acids is 3. The summed E-state index contributed by atoms with van der Waals surface area (Å²) in [7, 11) is 1.23. The monoisotopic (exact) mass is 539 g/mol. The van der Waals surface area contributed by atoms with Gasteiger partial charge in [0.2, 0.25) is 6.41 Å². The van der Waals surface area contributed by atoms with Gasteiger partial charge in [-0.05, 0) is 25.0 Å². The van der Waals surface area contributed by atoms with E-state index in [2.05, 4.69) is 10.6 Å². The van der Waals surface area contributed by atoms with Crippen LogP contribution in [0, 0.1) is 10.1 Å². The average molecular weight is 540 g/mol. The largest absolute Gasteiger partial charge is 0.466 e. The summed E-state index contributed by atoms with van der Waals surface area (Å²) in [4.78, 5) is 48.3. The van der Waals surface area contributed by atoms with Gasteiger partial charge in [0.15, 0.2) is 0 Å². The van der Waals surface area contributed by atoms with E-state index in [1.807, 2.05) is 30.3 Å². The zero-order chi connectivity index (χ0) is 27.7. The summed E-state index contributed by atoms with van der Waals surface area (Å²) in [5, 5.41) is 17.5. The highest BCUT2D eigenvalue weighted by Crippen LogP contribution is 2.41. The second kappa shape index (κ2) is 13.4. The van der Waals surface area contributed by atoms with E-state index in [9.17, 15) is 24.5 Å². The number of dihydropyridines is 1. The number of rotatable bonds is 12. The van der Waals surface area contributed by atoms with Gasteiger partial charge < -0.3 is 20.1 Å². The molecule has 2 atom stereocenters. The van der Waals surface area contributed by atoms with Gasteiger partial charge in [-0.3, -0.25) is 14.9 Å². The minimum atomic E-state index is -0.948. The highest BCUT2D eigenvalue weighted by Gasteiger charge is 2.39. The van der Waals surface area contributed by atoms with Crippen molar-refractivity contribution in [1.29, 1.82) is 0 Å². The van der Waals surface area contributed by atoms with E-state index in [4.69, 9.17) is 9.47 Å². The van der Waals surface area contributed by atoms with Crippen LogP contribution in [0.3, 0.4) is 0 Å². The molecule has 1 aliphatic heterocycles. The number of nitro groups is 1. The third-order valence-corrected chi connectivity index (χ3v) is 7.02. The van der Waals surface area contributed by atoms with Crippen molar-refractivity contribution in [2.75, 3.05) is 25.2 Å². The molecular weight excluding hydrogens is 510 g/mol. The quantitative estimate of drug-likeness (QED) is 0.179. The summed E-state index contributed by atoms with van der Waals surface area (Å²) in [5.41, 5.74) is 2.45. The van der Waals surface area contributed by atoms with Gasteiger partial charge in [0.05, 0.1) is 41.7 Å². The van der Waals surface area contributed by atoms with Gasteiger partial charge in [-0.1, -0.05) is 42.5 Å². The number of thioether (sulfide) groups is 1. The molecule has 200 valence electrons.